The maximum absolute atomic E-state index is 12.9. The number of aromatic nitrogens is 2. The van der Waals surface area contributed by atoms with E-state index in [1.165, 1.54) is 10.9 Å². The predicted octanol–water partition coefficient (Wildman–Crippen LogP) is 0.463. The zero-order valence-electron chi connectivity index (χ0n) is 15.3. The summed E-state index contributed by atoms with van der Waals surface area (Å²) in [6, 6.07) is 4.94. The van der Waals surface area contributed by atoms with Crippen LogP contribution in [0.4, 0.5) is 0 Å². The van der Waals surface area contributed by atoms with E-state index in [4.69, 9.17) is 4.42 Å². The maximum Gasteiger partial charge on any atom is 0.289 e. The molecule has 2 aromatic heterocycles. The summed E-state index contributed by atoms with van der Waals surface area (Å²) in [6.45, 7) is 2.03. The molecule has 0 saturated carbocycles. The molecule has 1 fully saturated rings. The van der Waals surface area contributed by atoms with Gasteiger partial charge >= 0.3 is 0 Å². The molecule has 142 valence electrons. The molecule has 0 N–H and O–H groups in total. The lowest BCUT2D eigenvalue weighted by Gasteiger charge is -2.37. The van der Waals surface area contributed by atoms with Crippen molar-refractivity contribution in [1.29, 1.82) is 0 Å². The number of piperazine rings is 1. The highest BCUT2D eigenvalue weighted by molar-refractivity contribution is 5.91. The molecule has 2 aromatic rings. The van der Waals surface area contributed by atoms with Gasteiger partial charge in [0.05, 0.1) is 12.0 Å². The molecule has 2 aliphatic rings. The van der Waals surface area contributed by atoms with E-state index in [-0.39, 0.29) is 23.3 Å². The number of carbonyl (C=O) groups excluding carboxylic acids is 2. The zero-order valence-corrected chi connectivity index (χ0v) is 15.3. The highest BCUT2D eigenvalue weighted by Crippen LogP contribution is 2.25. The fourth-order valence-electron chi connectivity index (χ4n) is 3.84. The average molecular weight is 370 g/mol. The molecule has 1 aliphatic carbocycles. The van der Waals surface area contributed by atoms with Crippen LogP contribution in [0.1, 0.15) is 28.2 Å². The van der Waals surface area contributed by atoms with Gasteiger partial charge in [0.1, 0.15) is 0 Å². The van der Waals surface area contributed by atoms with E-state index in [0.717, 1.165) is 17.7 Å². The molecule has 1 atom stereocenters. The second-order valence-corrected chi connectivity index (χ2v) is 7.11. The molecule has 4 rings (SSSR count). The Morgan fingerprint density at radius 3 is 2.63 bits per heavy atom. The van der Waals surface area contributed by atoms with Crippen LogP contribution in [0.2, 0.25) is 0 Å². The van der Waals surface area contributed by atoms with Crippen LogP contribution in [0, 0.1) is 5.92 Å². The number of aryl methyl sites for hydroxylation is 2. The van der Waals surface area contributed by atoms with Crippen molar-refractivity contribution >= 4 is 11.8 Å². The molecule has 0 spiro atoms. The summed E-state index contributed by atoms with van der Waals surface area (Å²) >= 11 is 0. The number of amides is 2. The van der Waals surface area contributed by atoms with Gasteiger partial charge in [0.15, 0.2) is 5.76 Å². The summed E-state index contributed by atoms with van der Waals surface area (Å²) in [5, 5.41) is 4.30. The number of rotatable bonds is 2. The van der Waals surface area contributed by atoms with Crippen LogP contribution in [0.3, 0.4) is 0 Å². The van der Waals surface area contributed by atoms with E-state index >= 15 is 0 Å². The molecule has 27 heavy (non-hydrogen) atoms. The first-order chi connectivity index (χ1) is 13.0. The normalized spacial score (nSPS) is 19.7. The number of nitrogens with zero attached hydrogens (tertiary/aromatic N) is 4. The van der Waals surface area contributed by atoms with Crippen molar-refractivity contribution in [1.82, 2.24) is 19.6 Å². The maximum atomic E-state index is 12.9. The van der Waals surface area contributed by atoms with Crippen LogP contribution in [0.15, 0.2) is 33.7 Å². The largest absolute Gasteiger partial charge is 0.459 e. The monoisotopic (exact) mass is 370 g/mol. The summed E-state index contributed by atoms with van der Waals surface area (Å²) in [5.74, 6) is 0.165. The van der Waals surface area contributed by atoms with Crippen LogP contribution in [0.5, 0.6) is 0 Å². The molecule has 1 saturated heterocycles. The molecule has 2 amide bonds. The molecule has 8 nitrogen and oxygen atoms in total. The van der Waals surface area contributed by atoms with Gasteiger partial charge in [-0.15, -0.1) is 0 Å². The van der Waals surface area contributed by atoms with Crippen LogP contribution in [-0.4, -0.2) is 57.6 Å². The molecular formula is C19H22N4O4. The van der Waals surface area contributed by atoms with Crippen molar-refractivity contribution in [3.63, 3.8) is 0 Å². The SMILES string of the molecule is Cn1nc2c(cc1=O)CC(C(=O)N1CCN(C(=O)c3ccco3)CC1)CC2. The van der Waals surface area contributed by atoms with Crippen molar-refractivity contribution in [2.75, 3.05) is 26.2 Å². The minimum atomic E-state index is -0.146. The van der Waals surface area contributed by atoms with Gasteiger partial charge in [-0.3, -0.25) is 14.4 Å². The predicted molar refractivity (Wildman–Crippen MR) is 96.2 cm³/mol. The lowest BCUT2D eigenvalue weighted by Crippen LogP contribution is -2.52. The fraction of sp³-hybridized carbons (Fsp3) is 0.474. The number of hydrogen-bond donors (Lipinski definition) is 0. The highest BCUT2D eigenvalue weighted by Gasteiger charge is 2.32. The van der Waals surface area contributed by atoms with Crippen LogP contribution < -0.4 is 5.56 Å². The molecule has 3 heterocycles. The Morgan fingerprint density at radius 1 is 1.19 bits per heavy atom. The molecule has 0 aromatic carbocycles. The lowest BCUT2D eigenvalue weighted by molar-refractivity contribution is -0.137. The molecule has 1 aliphatic heterocycles. The first kappa shape index (κ1) is 17.5. The quantitative estimate of drug-likeness (QED) is 0.766. The van der Waals surface area contributed by atoms with Gasteiger partial charge in [-0.05, 0) is 37.0 Å². The van der Waals surface area contributed by atoms with Gasteiger partial charge in [0.2, 0.25) is 5.91 Å². The Kier molecular flexibility index (Phi) is 4.55. The lowest BCUT2D eigenvalue weighted by atomic mass is 9.86. The standard InChI is InChI=1S/C19H22N4O4/c1-21-17(24)12-14-11-13(4-5-15(14)20-21)18(25)22-6-8-23(9-7-22)19(26)16-3-2-10-27-16/h2-3,10,12-13H,4-9,11H2,1H3. The van der Waals surface area contributed by atoms with Gasteiger partial charge in [0, 0.05) is 45.2 Å². The fourth-order valence-corrected chi connectivity index (χ4v) is 3.84. The van der Waals surface area contributed by atoms with E-state index in [0.29, 0.717) is 44.8 Å². The first-order valence-electron chi connectivity index (χ1n) is 9.20. The zero-order chi connectivity index (χ0) is 19.0. The Balaban J connectivity index is 1.38. The Bertz CT molecular complexity index is 910. The topological polar surface area (TPSA) is 88.7 Å². The van der Waals surface area contributed by atoms with Crippen molar-refractivity contribution in [2.24, 2.45) is 13.0 Å². The third-order valence-electron chi connectivity index (χ3n) is 5.41. The summed E-state index contributed by atoms with van der Waals surface area (Å²) < 4.78 is 6.51. The minimum Gasteiger partial charge on any atom is -0.459 e. The van der Waals surface area contributed by atoms with Crippen molar-refractivity contribution in [3.8, 4) is 0 Å². The number of carbonyl (C=O) groups is 2. The van der Waals surface area contributed by atoms with Crippen LogP contribution in [0.25, 0.3) is 0 Å². The van der Waals surface area contributed by atoms with Crippen molar-refractivity contribution in [3.05, 3.63) is 51.8 Å². The third kappa shape index (κ3) is 3.39. The molecule has 1 unspecified atom stereocenters. The van der Waals surface area contributed by atoms with E-state index in [1.54, 1.807) is 30.1 Å². The highest BCUT2D eigenvalue weighted by atomic mass is 16.3. The van der Waals surface area contributed by atoms with Gasteiger partial charge in [-0.25, -0.2) is 4.68 Å². The summed E-state index contributed by atoms with van der Waals surface area (Å²) in [7, 11) is 1.64. The van der Waals surface area contributed by atoms with Gasteiger partial charge in [-0.1, -0.05) is 0 Å². The van der Waals surface area contributed by atoms with Crippen LogP contribution >= 0.6 is 0 Å². The number of furan rings is 1. The Hall–Kier alpha value is -2.90. The van der Waals surface area contributed by atoms with E-state index in [9.17, 15) is 14.4 Å². The summed E-state index contributed by atoms with van der Waals surface area (Å²) in [4.78, 5) is 40.6. The molecule has 0 bridgehead atoms. The van der Waals surface area contributed by atoms with Gasteiger partial charge in [0.25, 0.3) is 11.5 Å². The van der Waals surface area contributed by atoms with E-state index in [2.05, 4.69) is 5.10 Å². The second kappa shape index (κ2) is 7.02. The number of fused-ring (bicyclic) bond motifs is 1. The van der Waals surface area contributed by atoms with E-state index < -0.39 is 0 Å². The first-order valence-corrected chi connectivity index (χ1v) is 9.20. The summed E-state index contributed by atoms with van der Waals surface area (Å²) in [6.07, 6.45) is 3.48. The van der Waals surface area contributed by atoms with Crippen molar-refractivity contribution < 1.29 is 14.0 Å². The molecule has 0 radical (unpaired) electrons. The summed E-state index contributed by atoms with van der Waals surface area (Å²) in [5.41, 5.74) is 1.65. The molecular weight excluding hydrogens is 348 g/mol. The van der Waals surface area contributed by atoms with Gasteiger partial charge < -0.3 is 14.2 Å². The van der Waals surface area contributed by atoms with Crippen molar-refractivity contribution in [2.45, 2.75) is 19.3 Å². The van der Waals surface area contributed by atoms with Gasteiger partial charge in [-0.2, -0.15) is 5.10 Å². The smallest absolute Gasteiger partial charge is 0.289 e. The average Bonchev–Trinajstić information content (AvgIpc) is 3.22. The minimum absolute atomic E-state index is 0.103. The van der Waals surface area contributed by atoms with Crippen LogP contribution in [-0.2, 0) is 24.7 Å². The number of hydrogen-bond acceptors (Lipinski definition) is 5. The molecule has 8 heteroatoms. The second-order valence-electron chi connectivity index (χ2n) is 7.11. The third-order valence-corrected chi connectivity index (χ3v) is 5.41. The Labute approximate surface area is 156 Å². The van der Waals surface area contributed by atoms with E-state index in [1.807, 2.05) is 4.90 Å². The Morgan fingerprint density at radius 2 is 1.93 bits per heavy atom.